The van der Waals surface area contributed by atoms with Crippen molar-refractivity contribution in [1.82, 2.24) is 38.2 Å². The van der Waals surface area contributed by atoms with Crippen molar-refractivity contribution in [3.05, 3.63) is 413 Å². The Balaban J connectivity index is 0.000000131. The minimum absolute atomic E-state index is 0.673. The number of nitrogens with zero attached hydrogens (tertiary/aromatic N) is 8. The summed E-state index contributed by atoms with van der Waals surface area (Å²) in [5, 5.41) is 26.4. The smallest absolute Gasteiger partial charge is 0.160 e. The molecule has 10 heteroatoms. The van der Waals surface area contributed by atoms with Crippen molar-refractivity contribution in [2.24, 2.45) is 0 Å². The molecule has 0 aliphatic rings. The first-order chi connectivity index (χ1) is 62.5. The highest BCUT2D eigenvalue weighted by Gasteiger charge is 2.28. The highest BCUT2D eigenvalue weighted by Crippen LogP contribution is 2.50. The van der Waals surface area contributed by atoms with Crippen molar-refractivity contribution in [1.29, 1.82) is 0 Å². The number of fused-ring (bicyclic) bond motifs is 26. The third-order valence-corrected chi connectivity index (χ3v) is 27.3. The van der Waals surface area contributed by atoms with Gasteiger partial charge >= 0.3 is 0 Å². The SMILES string of the molecule is c1cc(-c2nc(-c3ccc4oc5ccccc5c4c3)c3ccccc3n2)cc(-n2c3ccccc3c3c(-n4c5ccccc5c5c6ccccc6ccc54)c4ccccc4cc32)c1.c1cc(-c2nc(-c3ccc4sc5ccccc5c4c3)c3ccccc3n2)cc(-n2c3ccccc3c3c(-n4c5ccccc5c5c6ccccc6ccc54)c4ccccc4cc32)c1. The van der Waals surface area contributed by atoms with Crippen LogP contribution in [0.25, 0.3) is 262 Å². The number of hydrogen-bond donors (Lipinski definition) is 0. The molecule has 0 N–H and O–H groups in total. The highest BCUT2D eigenvalue weighted by atomic mass is 32.1. The molecule has 0 bridgehead atoms. The maximum atomic E-state index is 6.20. The van der Waals surface area contributed by atoms with Gasteiger partial charge in [-0.1, -0.05) is 285 Å². The van der Waals surface area contributed by atoms with Gasteiger partial charge in [-0.05, 0) is 160 Å². The van der Waals surface area contributed by atoms with E-state index in [-0.39, 0.29) is 0 Å². The van der Waals surface area contributed by atoms with Gasteiger partial charge in [-0.3, -0.25) is 0 Å². The zero-order valence-corrected chi connectivity index (χ0v) is 68.5. The van der Waals surface area contributed by atoms with Gasteiger partial charge in [0.25, 0.3) is 0 Å². The van der Waals surface area contributed by atoms with Gasteiger partial charge in [0.2, 0.25) is 0 Å². The van der Waals surface area contributed by atoms with E-state index in [1.807, 2.05) is 29.5 Å². The summed E-state index contributed by atoms with van der Waals surface area (Å²) in [5.41, 5.74) is 23.2. The van der Waals surface area contributed by atoms with Crippen LogP contribution in [0, 0.1) is 0 Å². The minimum atomic E-state index is 0.673. The topological polar surface area (TPSA) is 84.4 Å². The number of hydrogen-bond acceptors (Lipinski definition) is 6. The van der Waals surface area contributed by atoms with E-state index < -0.39 is 0 Å². The summed E-state index contributed by atoms with van der Waals surface area (Å²) in [6.07, 6.45) is 0. The number of benzene rings is 20. The lowest BCUT2D eigenvalue weighted by atomic mass is 10.0. The molecule has 20 aromatic carbocycles. The standard InChI is InChI=1S/C58H34N4O.C58H34N4S/c2*1-3-18-40-35(14-1)28-30-50-54(40)44-22-6-11-26-49(44)62(50)57-41-19-4-2-15-36(41)34-51-55(57)45-23-7-10-25-48(45)61(51)39-17-13-16-38(32-39)58-59-47-24-9-5-21-43(47)56(60-58)37-29-31-53-46(33-37)42-20-8-12-27-52(42)63-53/h2*1-34H. The van der Waals surface area contributed by atoms with E-state index in [9.17, 15) is 0 Å². The number of thiophene rings is 1. The molecule has 0 amide bonds. The summed E-state index contributed by atoms with van der Waals surface area (Å²) in [6, 6.07) is 149. The van der Waals surface area contributed by atoms with Crippen LogP contribution in [0.1, 0.15) is 0 Å². The van der Waals surface area contributed by atoms with Crippen LogP contribution in [0.3, 0.4) is 0 Å². The Hall–Kier alpha value is -16.7. The highest BCUT2D eigenvalue weighted by molar-refractivity contribution is 7.25. The van der Waals surface area contributed by atoms with Crippen molar-refractivity contribution in [2.45, 2.75) is 0 Å². The van der Waals surface area contributed by atoms with E-state index >= 15 is 0 Å². The molecule has 0 fully saturated rings. The lowest BCUT2D eigenvalue weighted by Gasteiger charge is -2.16. The second kappa shape index (κ2) is 27.4. The van der Waals surface area contributed by atoms with Crippen molar-refractivity contribution in [2.75, 3.05) is 0 Å². The van der Waals surface area contributed by atoms with Crippen LogP contribution in [0.2, 0.25) is 0 Å². The van der Waals surface area contributed by atoms with Gasteiger partial charge in [-0.25, -0.2) is 19.9 Å². The van der Waals surface area contributed by atoms with Gasteiger partial charge in [0.15, 0.2) is 11.6 Å². The average Bonchev–Trinajstić information content (AvgIpc) is 1.54. The van der Waals surface area contributed by atoms with Crippen LogP contribution in [0.4, 0.5) is 0 Å². The third-order valence-electron chi connectivity index (χ3n) is 26.1. The maximum Gasteiger partial charge on any atom is 0.160 e. The normalized spacial score (nSPS) is 12.1. The summed E-state index contributed by atoms with van der Waals surface area (Å²) < 4.78 is 18.7. The minimum Gasteiger partial charge on any atom is -0.456 e. The molecule has 0 atom stereocenters. The second-order valence-electron chi connectivity index (χ2n) is 33.0. The average molecular weight is 1620 g/mol. The second-order valence-corrected chi connectivity index (χ2v) is 34.1. The van der Waals surface area contributed by atoms with Crippen LogP contribution in [-0.2, 0) is 0 Å². The summed E-state index contributed by atoms with van der Waals surface area (Å²) in [4.78, 5) is 21.2. The van der Waals surface area contributed by atoms with E-state index in [0.29, 0.717) is 11.6 Å². The molecule has 0 unspecified atom stereocenters. The Morgan fingerprint density at radius 2 is 0.579 bits per heavy atom. The fraction of sp³-hybridized carbons (Fsp3) is 0. The summed E-state index contributed by atoms with van der Waals surface area (Å²) >= 11 is 1.84. The Morgan fingerprint density at radius 3 is 1.10 bits per heavy atom. The lowest BCUT2D eigenvalue weighted by Crippen LogP contribution is -1.99. The molecule has 0 saturated carbocycles. The van der Waals surface area contributed by atoms with Gasteiger partial charge in [0, 0.05) is 129 Å². The van der Waals surface area contributed by atoms with Crippen LogP contribution in [-0.4, -0.2) is 38.2 Å². The molecule has 0 saturated heterocycles. The van der Waals surface area contributed by atoms with Gasteiger partial charge < -0.3 is 22.7 Å². The Kier molecular flexibility index (Phi) is 15.3. The molecule has 0 spiro atoms. The monoisotopic (exact) mass is 1620 g/mol. The molecule has 9 nitrogen and oxygen atoms in total. The van der Waals surface area contributed by atoms with Crippen LogP contribution >= 0.6 is 11.3 Å². The first-order valence-electron chi connectivity index (χ1n) is 42.8. The molecule has 0 aliphatic carbocycles. The van der Waals surface area contributed by atoms with Crippen LogP contribution in [0.5, 0.6) is 0 Å². The van der Waals surface area contributed by atoms with Crippen molar-refractivity contribution in [3.8, 4) is 68.0 Å². The number of aromatic nitrogens is 8. The summed E-state index contributed by atoms with van der Waals surface area (Å²) in [7, 11) is 0. The van der Waals surface area contributed by atoms with Crippen molar-refractivity contribution in [3.63, 3.8) is 0 Å². The predicted octanol–water partition coefficient (Wildman–Crippen LogP) is 31.2. The van der Waals surface area contributed by atoms with Gasteiger partial charge in [-0.15, -0.1) is 11.3 Å². The van der Waals surface area contributed by atoms with Crippen LogP contribution in [0.15, 0.2) is 417 Å². The Morgan fingerprint density at radius 1 is 0.198 bits per heavy atom. The van der Waals surface area contributed by atoms with Gasteiger partial charge in [-0.2, -0.15) is 0 Å². The third kappa shape index (κ3) is 10.5. The molecule has 0 aliphatic heterocycles. The number of rotatable bonds is 8. The van der Waals surface area contributed by atoms with E-state index in [1.54, 1.807) is 0 Å². The predicted molar refractivity (Wildman–Crippen MR) is 528 cm³/mol. The molecular formula is C116H68N8OS. The molecule has 8 heterocycles. The largest absolute Gasteiger partial charge is 0.456 e. The zero-order chi connectivity index (χ0) is 82.3. The summed E-state index contributed by atoms with van der Waals surface area (Å²) in [5.74, 6) is 1.37. The molecule has 28 aromatic rings. The number of para-hydroxylation sites is 7. The fourth-order valence-corrected chi connectivity index (χ4v) is 21.8. The van der Waals surface area contributed by atoms with Gasteiger partial charge in [0.1, 0.15) is 11.2 Å². The molecular weight excluding hydrogens is 1550 g/mol. The maximum absolute atomic E-state index is 6.20. The van der Waals surface area contributed by atoms with Gasteiger partial charge in [0.05, 0.1) is 77.9 Å². The molecule has 126 heavy (non-hydrogen) atoms. The summed E-state index contributed by atoms with van der Waals surface area (Å²) in [6.45, 7) is 0. The Bertz CT molecular complexity index is 9000. The lowest BCUT2D eigenvalue weighted by molar-refractivity contribution is 0.669. The zero-order valence-electron chi connectivity index (χ0n) is 67.7. The van der Waals surface area contributed by atoms with E-state index in [4.69, 9.17) is 24.4 Å². The molecule has 28 rings (SSSR count). The van der Waals surface area contributed by atoms with Crippen molar-refractivity contribution < 1.29 is 4.42 Å². The molecule has 584 valence electrons. The van der Waals surface area contributed by atoms with Crippen LogP contribution < -0.4 is 0 Å². The molecule has 8 aromatic heterocycles. The number of furan rings is 1. The van der Waals surface area contributed by atoms with Crippen molar-refractivity contribution >= 4 is 206 Å². The van der Waals surface area contributed by atoms with E-state index in [1.165, 1.54) is 140 Å². The fourth-order valence-electron chi connectivity index (χ4n) is 20.7. The van der Waals surface area contributed by atoms with E-state index in [0.717, 1.165) is 111 Å². The Labute approximate surface area is 723 Å². The first-order valence-corrected chi connectivity index (χ1v) is 43.6. The molecule has 0 radical (unpaired) electrons. The van der Waals surface area contributed by atoms with E-state index in [2.05, 4.69) is 413 Å². The quantitative estimate of drug-likeness (QED) is 0.151. The first kappa shape index (κ1) is 70.1.